The highest BCUT2D eigenvalue weighted by molar-refractivity contribution is 6.26. The molecule has 0 saturated carbocycles. The Morgan fingerprint density at radius 3 is 2.57 bits per heavy atom. The maximum atomic E-state index is 12.7. The zero-order valence-corrected chi connectivity index (χ0v) is 13.1. The quantitative estimate of drug-likeness (QED) is 0.514. The van der Waals surface area contributed by atoms with Gasteiger partial charge in [-0.1, -0.05) is 6.58 Å². The van der Waals surface area contributed by atoms with E-state index in [4.69, 9.17) is 9.47 Å². The molecule has 0 aromatic carbocycles. The topological polar surface area (TPSA) is 75.9 Å². The number of rotatable bonds is 1. The van der Waals surface area contributed by atoms with Crippen molar-refractivity contribution in [2.24, 2.45) is 0 Å². The minimum absolute atomic E-state index is 0.00857. The van der Waals surface area contributed by atoms with Gasteiger partial charge in [-0.15, -0.1) is 0 Å². The van der Waals surface area contributed by atoms with Crippen LogP contribution in [0.3, 0.4) is 0 Å². The number of Topliss-reactive ketones (excluding diaryl/α,β-unsaturated/α-hetero) is 2. The highest BCUT2D eigenvalue weighted by Crippen LogP contribution is 2.52. The number of allylic oxidation sites excluding steroid dienone is 2. The Hall–Kier alpha value is -2.57. The second kappa shape index (κ2) is 4.24. The maximum Gasteiger partial charge on any atom is 0.410 e. The van der Waals surface area contributed by atoms with Crippen molar-refractivity contribution in [3.8, 4) is 0 Å². The molecule has 1 aliphatic carbocycles. The number of carbonyl (C=O) groups excluding carboxylic acids is 3. The van der Waals surface area contributed by atoms with Crippen molar-refractivity contribution in [2.75, 3.05) is 20.8 Å². The van der Waals surface area contributed by atoms with Crippen molar-refractivity contribution in [1.29, 1.82) is 0 Å². The van der Waals surface area contributed by atoms with Crippen LogP contribution in [0.1, 0.15) is 6.92 Å². The van der Waals surface area contributed by atoms with Crippen molar-refractivity contribution in [3.63, 3.8) is 0 Å². The van der Waals surface area contributed by atoms with E-state index in [1.54, 1.807) is 11.8 Å². The molecular formula is C16H16N2O5. The summed E-state index contributed by atoms with van der Waals surface area (Å²) in [6.07, 6.45) is -0.387. The molecule has 3 atom stereocenters. The molecule has 1 amide bonds. The lowest BCUT2D eigenvalue weighted by atomic mass is 9.89. The first-order valence-electron chi connectivity index (χ1n) is 7.34. The van der Waals surface area contributed by atoms with Crippen LogP contribution in [-0.2, 0) is 19.1 Å². The molecule has 0 spiro atoms. The largest absolute Gasteiger partial charge is 0.492 e. The van der Waals surface area contributed by atoms with Crippen molar-refractivity contribution in [2.45, 2.75) is 25.0 Å². The lowest BCUT2D eigenvalue weighted by Gasteiger charge is -2.27. The van der Waals surface area contributed by atoms with Gasteiger partial charge in [0.25, 0.3) is 0 Å². The van der Waals surface area contributed by atoms with E-state index >= 15 is 0 Å². The molecule has 0 bridgehead atoms. The van der Waals surface area contributed by atoms with Gasteiger partial charge in [0.15, 0.2) is 5.76 Å². The Labute approximate surface area is 132 Å². The van der Waals surface area contributed by atoms with Gasteiger partial charge in [-0.05, 0) is 12.5 Å². The van der Waals surface area contributed by atoms with Crippen LogP contribution in [0.25, 0.3) is 0 Å². The molecule has 0 N–H and O–H groups in total. The van der Waals surface area contributed by atoms with Crippen LogP contribution in [0.4, 0.5) is 4.79 Å². The fourth-order valence-corrected chi connectivity index (χ4v) is 4.10. The summed E-state index contributed by atoms with van der Waals surface area (Å²) in [6, 6.07) is -0.317. The summed E-state index contributed by atoms with van der Waals surface area (Å²) in [6.45, 7) is 6.13. The predicted molar refractivity (Wildman–Crippen MR) is 78.2 cm³/mol. The van der Waals surface area contributed by atoms with Crippen molar-refractivity contribution in [3.05, 3.63) is 34.8 Å². The molecule has 0 aromatic rings. The van der Waals surface area contributed by atoms with Gasteiger partial charge in [-0.3, -0.25) is 14.5 Å². The molecule has 4 rings (SSSR count). The predicted octanol–water partition coefficient (Wildman–Crippen LogP) is 0.386. The van der Waals surface area contributed by atoms with Gasteiger partial charge in [0.05, 0.1) is 43.6 Å². The minimum Gasteiger partial charge on any atom is -0.492 e. The number of hydrogen-bond donors (Lipinski definition) is 0. The average molecular weight is 316 g/mol. The Morgan fingerprint density at radius 1 is 1.26 bits per heavy atom. The number of fused-ring (bicyclic) bond motifs is 4. The van der Waals surface area contributed by atoms with Crippen LogP contribution in [0.2, 0.25) is 0 Å². The van der Waals surface area contributed by atoms with Gasteiger partial charge < -0.3 is 14.4 Å². The van der Waals surface area contributed by atoms with Crippen molar-refractivity contribution in [1.82, 2.24) is 9.80 Å². The second-order valence-electron chi connectivity index (χ2n) is 6.10. The summed E-state index contributed by atoms with van der Waals surface area (Å²) < 4.78 is 9.88. The third kappa shape index (κ3) is 1.47. The molecule has 0 unspecified atom stereocenters. The van der Waals surface area contributed by atoms with E-state index in [2.05, 4.69) is 6.58 Å². The fraction of sp³-hybridized carbons (Fsp3) is 0.438. The average Bonchev–Trinajstić information content (AvgIpc) is 2.96. The van der Waals surface area contributed by atoms with Gasteiger partial charge in [-0.2, -0.15) is 0 Å². The van der Waals surface area contributed by atoms with Crippen LogP contribution in [0.15, 0.2) is 34.8 Å². The van der Waals surface area contributed by atoms with E-state index in [1.165, 1.54) is 14.2 Å². The third-order valence-electron chi connectivity index (χ3n) is 5.15. The summed E-state index contributed by atoms with van der Waals surface area (Å²) in [5.41, 5.74) is 1.63. The monoisotopic (exact) mass is 316 g/mol. The SMILES string of the molecule is C=C1C2=C(C(=O)C(C)=C(OC)C2=O)N2C[C@H]3[C@@H]([C@H]12)N3C(=O)OC. The molecule has 0 radical (unpaired) electrons. The second-order valence-corrected chi connectivity index (χ2v) is 6.10. The number of carbonyl (C=O) groups is 3. The molecule has 7 heteroatoms. The molecule has 3 aliphatic heterocycles. The first-order chi connectivity index (χ1) is 10.9. The number of piperazine rings is 1. The molecule has 2 saturated heterocycles. The molecule has 120 valence electrons. The van der Waals surface area contributed by atoms with Gasteiger partial charge >= 0.3 is 6.09 Å². The summed E-state index contributed by atoms with van der Waals surface area (Å²) in [7, 11) is 2.72. The van der Waals surface area contributed by atoms with Gasteiger partial charge in [0.2, 0.25) is 11.6 Å². The maximum absolute atomic E-state index is 12.7. The fourth-order valence-electron chi connectivity index (χ4n) is 4.10. The lowest BCUT2D eigenvalue weighted by Crippen LogP contribution is -2.38. The normalized spacial score (nSPS) is 31.4. The molecular weight excluding hydrogens is 300 g/mol. The Bertz CT molecular complexity index is 762. The van der Waals surface area contributed by atoms with E-state index in [1.807, 2.05) is 4.90 Å². The number of nitrogens with zero attached hydrogens (tertiary/aromatic N) is 2. The standard InChI is InChI=1S/C16H16N2O5/c1-6-9-12(13(19)7(2)15(22-3)14(9)20)17-5-8-11(10(6)17)18(8)16(21)23-4/h8,10-11H,1,5H2,2-4H3/t8-,10-,11-,18?/m0/s1. The summed E-state index contributed by atoms with van der Waals surface area (Å²) >= 11 is 0. The van der Waals surface area contributed by atoms with Gasteiger partial charge in [0, 0.05) is 12.1 Å². The van der Waals surface area contributed by atoms with Gasteiger partial charge in [0.1, 0.15) is 0 Å². The Balaban J connectivity index is 1.72. The van der Waals surface area contributed by atoms with Crippen molar-refractivity contribution >= 4 is 17.7 Å². The first-order valence-corrected chi connectivity index (χ1v) is 7.34. The van der Waals surface area contributed by atoms with Crippen LogP contribution in [0.5, 0.6) is 0 Å². The molecule has 2 fully saturated rings. The van der Waals surface area contributed by atoms with E-state index in [9.17, 15) is 14.4 Å². The summed E-state index contributed by atoms with van der Waals surface area (Å²) in [5.74, 6) is -0.430. The zero-order valence-electron chi connectivity index (χ0n) is 13.1. The Morgan fingerprint density at radius 2 is 1.96 bits per heavy atom. The molecule has 4 aliphatic rings. The smallest absolute Gasteiger partial charge is 0.410 e. The molecule has 0 aromatic heterocycles. The molecule has 7 nitrogen and oxygen atoms in total. The van der Waals surface area contributed by atoms with Gasteiger partial charge in [-0.25, -0.2) is 4.79 Å². The molecule has 23 heavy (non-hydrogen) atoms. The Kier molecular flexibility index (Phi) is 2.59. The van der Waals surface area contributed by atoms with Crippen LogP contribution < -0.4 is 0 Å². The van der Waals surface area contributed by atoms with Crippen molar-refractivity contribution < 1.29 is 23.9 Å². The number of methoxy groups -OCH3 is 2. The number of ether oxygens (including phenoxy) is 2. The molecule has 3 heterocycles. The number of hydrogen-bond acceptors (Lipinski definition) is 6. The number of ketones is 2. The lowest BCUT2D eigenvalue weighted by molar-refractivity contribution is -0.119. The first kappa shape index (κ1) is 14.0. The third-order valence-corrected chi connectivity index (χ3v) is 5.15. The van der Waals surface area contributed by atoms with E-state index in [0.29, 0.717) is 29.0 Å². The van der Waals surface area contributed by atoms with Crippen LogP contribution >= 0.6 is 0 Å². The zero-order chi connectivity index (χ0) is 16.6. The van der Waals surface area contributed by atoms with Crippen LogP contribution in [0, 0.1) is 0 Å². The minimum atomic E-state index is -0.387. The van der Waals surface area contributed by atoms with E-state index in [0.717, 1.165) is 0 Å². The highest BCUT2D eigenvalue weighted by Gasteiger charge is 2.67. The van der Waals surface area contributed by atoms with Crippen LogP contribution in [-0.4, -0.2) is 66.3 Å². The highest BCUT2D eigenvalue weighted by atomic mass is 16.5. The van der Waals surface area contributed by atoms with E-state index < -0.39 is 0 Å². The number of amides is 1. The summed E-state index contributed by atoms with van der Waals surface area (Å²) in [4.78, 5) is 40.6. The van der Waals surface area contributed by atoms with E-state index in [-0.39, 0.29) is 41.5 Å². The summed E-state index contributed by atoms with van der Waals surface area (Å²) in [5, 5.41) is 0.